The van der Waals surface area contributed by atoms with Crippen LogP contribution in [-0.2, 0) is 0 Å². The molecule has 1 aliphatic heterocycles. The fourth-order valence-corrected chi connectivity index (χ4v) is 3.48. The molecule has 1 saturated heterocycles. The van der Waals surface area contributed by atoms with E-state index in [9.17, 15) is 5.11 Å². The Morgan fingerprint density at radius 3 is 2.39 bits per heavy atom. The first-order valence-corrected chi connectivity index (χ1v) is 7.84. The maximum atomic E-state index is 9.53. The van der Waals surface area contributed by atoms with Crippen molar-refractivity contribution >= 4 is 0 Å². The van der Waals surface area contributed by atoms with E-state index in [1.165, 1.54) is 58.2 Å². The predicted octanol–water partition coefficient (Wildman–Crippen LogP) is 2.00. The van der Waals surface area contributed by atoms with Gasteiger partial charge in [-0.2, -0.15) is 0 Å². The zero-order valence-electron chi connectivity index (χ0n) is 11.9. The molecule has 3 nitrogen and oxygen atoms in total. The van der Waals surface area contributed by atoms with Crippen LogP contribution in [0, 0.1) is 5.92 Å². The summed E-state index contributed by atoms with van der Waals surface area (Å²) in [5.41, 5.74) is 0. The SMILES string of the molecule is CN(CCCC1CCNCC1)[C@H]1CC[C@H](O)CC1. The molecule has 0 unspecified atom stereocenters. The molecule has 3 heteroatoms. The van der Waals surface area contributed by atoms with E-state index in [0.717, 1.165) is 24.8 Å². The minimum Gasteiger partial charge on any atom is -0.393 e. The van der Waals surface area contributed by atoms with Gasteiger partial charge in [0.1, 0.15) is 0 Å². The molecule has 2 aliphatic rings. The van der Waals surface area contributed by atoms with Gasteiger partial charge in [-0.1, -0.05) is 0 Å². The zero-order chi connectivity index (χ0) is 12.8. The summed E-state index contributed by atoms with van der Waals surface area (Å²) in [5.74, 6) is 0.966. The molecule has 0 aromatic carbocycles. The number of aliphatic hydroxyl groups excluding tert-OH is 1. The van der Waals surface area contributed by atoms with E-state index in [1.807, 2.05) is 0 Å². The molecule has 1 saturated carbocycles. The molecule has 0 bridgehead atoms. The molecule has 1 heterocycles. The summed E-state index contributed by atoms with van der Waals surface area (Å²) in [6.07, 6.45) is 9.85. The van der Waals surface area contributed by atoms with Gasteiger partial charge >= 0.3 is 0 Å². The highest BCUT2D eigenvalue weighted by atomic mass is 16.3. The van der Waals surface area contributed by atoms with Gasteiger partial charge in [0.05, 0.1) is 6.10 Å². The van der Waals surface area contributed by atoms with E-state index in [0.29, 0.717) is 0 Å². The van der Waals surface area contributed by atoms with Crippen molar-refractivity contribution in [1.82, 2.24) is 10.2 Å². The van der Waals surface area contributed by atoms with Crippen LogP contribution in [0.3, 0.4) is 0 Å². The number of nitrogens with zero attached hydrogens (tertiary/aromatic N) is 1. The third-order valence-electron chi connectivity index (χ3n) is 4.87. The van der Waals surface area contributed by atoms with E-state index < -0.39 is 0 Å². The molecule has 106 valence electrons. The molecule has 0 aromatic rings. The van der Waals surface area contributed by atoms with Crippen LogP contribution in [0.5, 0.6) is 0 Å². The van der Waals surface area contributed by atoms with Crippen molar-refractivity contribution in [3.8, 4) is 0 Å². The molecule has 0 amide bonds. The number of rotatable bonds is 5. The lowest BCUT2D eigenvalue weighted by atomic mass is 9.91. The van der Waals surface area contributed by atoms with Gasteiger partial charge in [-0.05, 0) is 84.0 Å². The van der Waals surface area contributed by atoms with E-state index in [2.05, 4.69) is 17.3 Å². The van der Waals surface area contributed by atoms with Crippen molar-refractivity contribution in [2.24, 2.45) is 5.92 Å². The Hall–Kier alpha value is -0.120. The molecule has 18 heavy (non-hydrogen) atoms. The van der Waals surface area contributed by atoms with E-state index in [-0.39, 0.29) is 6.10 Å². The lowest BCUT2D eigenvalue weighted by Gasteiger charge is -2.33. The first-order chi connectivity index (χ1) is 8.75. The fraction of sp³-hybridized carbons (Fsp3) is 1.00. The molecular formula is C15H30N2O. The summed E-state index contributed by atoms with van der Waals surface area (Å²) in [4.78, 5) is 2.53. The van der Waals surface area contributed by atoms with Crippen LogP contribution in [0.15, 0.2) is 0 Å². The van der Waals surface area contributed by atoms with Gasteiger partial charge in [-0.15, -0.1) is 0 Å². The number of piperidine rings is 1. The summed E-state index contributed by atoms with van der Waals surface area (Å²) < 4.78 is 0. The molecule has 2 rings (SSSR count). The number of hydrogen-bond acceptors (Lipinski definition) is 3. The minimum absolute atomic E-state index is 0.0237. The quantitative estimate of drug-likeness (QED) is 0.788. The minimum atomic E-state index is -0.0237. The average molecular weight is 254 g/mol. The molecule has 0 atom stereocenters. The molecule has 2 fully saturated rings. The monoisotopic (exact) mass is 254 g/mol. The maximum absolute atomic E-state index is 9.53. The van der Waals surface area contributed by atoms with Crippen molar-refractivity contribution in [2.75, 3.05) is 26.7 Å². The normalized spacial score (nSPS) is 30.8. The lowest BCUT2D eigenvalue weighted by Crippen LogP contribution is -2.37. The molecule has 0 aromatic heterocycles. The summed E-state index contributed by atoms with van der Waals surface area (Å²) >= 11 is 0. The summed E-state index contributed by atoms with van der Waals surface area (Å²) in [5, 5.41) is 13.0. The Labute approximate surface area is 112 Å². The van der Waals surface area contributed by atoms with E-state index >= 15 is 0 Å². The van der Waals surface area contributed by atoms with Gasteiger partial charge in [0.25, 0.3) is 0 Å². The average Bonchev–Trinajstić information content (AvgIpc) is 2.40. The molecule has 0 spiro atoms. The van der Waals surface area contributed by atoms with Crippen LogP contribution in [0.4, 0.5) is 0 Å². The molecule has 2 N–H and O–H groups in total. The Bertz CT molecular complexity index is 221. The first-order valence-electron chi connectivity index (χ1n) is 7.84. The van der Waals surface area contributed by atoms with Crippen LogP contribution in [0.2, 0.25) is 0 Å². The number of nitrogens with one attached hydrogen (secondary N) is 1. The van der Waals surface area contributed by atoms with Crippen LogP contribution in [0.1, 0.15) is 51.4 Å². The van der Waals surface area contributed by atoms with E-state index in [1.54, 1.807) is 0 Å². The largest absolute Gasteiger partial charge is 0.393 e. The Morgan fingerprint density at radius 1 is 1.06 bits per heavy atom. The first kappa shape index (κ1) is 14.3. The highest BCUT2D eigenvalue weighted by Crippen LogP contribution is 2.23. The van der Waals surface area contributed by atoms with Crippen molar-refractivity contribution < 1.29 is 5.11 Å². The van der Waals surface area contributed by atoms with Crippen LogP contribution in [0.25, 0.3) is 0 Å². The summed E-state index contributed by atoms with van der Waals surface area (Å²) in [6, 6.07) is 0.724. The van der Waals surface area contributed by atoms with Crippen molar-refractivity contribution in [1.29, 1.82) is 0 Å². The highest BCUT2D eigenvalue weighted by molar-refractivity contribution is 4.78. The molecular weight excluding hydrogens is 224 g/mol. The molecule has 1 aliphatic carbocycles. The Balaban J connectivity index is 1.57. The Kier molecular flexibility index (Phi) is 5.93. The standard InChI is InChI=1S/C15H30N2O/c1-17(14-4-6-15(18)7-5-14)12-2-3-13-8-10-16-11-9-13/h13-16,18H,2-12H2,1H3/t14-,15-. The van der Waals surface area contributed by atoms with E-state index in [4.69, 9.17) is 0 Å². The second-order valence-electron chi connectivity index (χ2n) is 6.28. The van der Waals surface area contributed by atoms with Gasteiger partial charge in [0, 0.05) is 6.04 Å². The summed E-state index contributed by atoms with van der Waals surface area (Å²) in [7, 11) is 2.27. The Morgan fingerprint density at radius 2 is 1.72 bits per heavy atom. The number of aliphatic hydroxyl groups is 1. The number of hydrogen-bond donors (Lipinski definition) is 2. The van der Waals surface area contributed by atoms with Gasteiger partial charge in [-0.25, -0.2) is 0 Å². The second-order valence-corrected chi connectivity index (χ2v) is 6.28. The molecule has 0 radical (unpaired) electrons. The fourth-order valence-electron chi connectivity index (χ4n) is 3.48. The third-order valence-corrected chi connectivity index (χ3v) is 4.87. The van der Waals surface area contributed by atoms with Gasteiger partial charge < -0.3 is 15.3 Å². The van der Waals surface area contributed by atoms with Gasteiger partial charge in [-0.3, -0.25) is 0 Å². The van der Waals surface area contributed by atoms with Gasteiger partial charge in [0.2, 0.25) is 0 Å². The van der Waals surface area contributed by atoms with Crippen LogP contribution < -0.4 is 5.32 Å². The van der Waals surface area contributed by atoms with Crippen molar-refractivity contribution in [2.45, 2.75) is 63.5 Å². The zero-order valence-corrected chi connectivity index (χ0v) is 11.9. The summed E-state index contributed by atoms with van der Waals surface area (Å²) in [6.45, 7) is 3.69. The predicted molar refractivity (Wildman–Crippen MR) is 75.7 cm³/mol. The third kappa shape index (κ3) is 4.52. The lowest BCUT2D eigenvalue weighted by molar-refractivity contribution is 0.0830. The van der Waals surface area contributed by atoms with Crippen LogP contribution in [-0.4, -0.2) is 48.8 Å². The topological polar surface area (TPSA) is 35.5 Å². The van der Waals surface area contributed by atoms with Crippen molar-refractivity contribution in [3.05, 3.63) is 0 Å². The van der Waals surface area contributed by atoms with Gasteiger partial charge in [0.15, 0.2) is 0 Å². The van der Waals surface area contributed by atoms with Crippen LogP contribution >= 0.6 is 0 Å². The smallest absolute Gasteiger partial charge is 0.0541 e. The maximum Gasteiger partial charge on any atom is 0.0541 e. The second kappa shape index (κ2) is 7.46. The highest BCUT2D eigenvalue weighted by Gasteiger charge is 2.22. The van der Waals surface area contributed by atoms with Crippen molar-refractivity contribution in [3.63, 3.8) is 0 Å².